The molecule has 114 valence electrons. The lowest BCUT2D eigenvalue weighted by atomic mass is 10.3. The number of halogens is 1. The van der Waals surface area contributed by atoms with Crippen LogP contribution in [0.5, 0.6) is 0 Å². The lowest BCUT2D eigenvalue weighted by Crippen LogP contribution is -2.30. The summed E-state index contributed by atoms with van der Waals surface area (Å²) in [6.45, 7) is 3.45. The van der Waals surface area contributed by atoms with Gasteiger partial charge in [0.15, 0.2) is 0 Å². The SMILES string of the molecule is Cc1cc(S(=O)(=O)N(C)CCOCC2CC2)sc1CCl. The predicted octanol–water partition coefficient (Wildman–Crippen LogP) is 2.84. The second-order valence-electron chi connectivity index (χ2n) is 5.15. The van der Waals surface area contributed by atoms with Crippen molar-refractivity contribution in [2.45, 2.75) is 29.9 Å². The summed E-state index contributed by atoms with van der Waals surface area (Å²) in [5.41, 5.74) is 0.932. The Labute approximate surface area is 129 Å². The number of alkyl halides is 1. The standard InChI is InChI=1S/C13H20ClNO3S2/c1-10-7-13(19-12(10)8-14)20(16,17)15(2)5-6-18-9-11-3-4-11/h7,11H,3-6,8-9H2,1-2H3. The highest BCUT2D eigenvalue weighted by molar-refractivity contribution is 7.91. The molecule has 1 aromatic rings. The van der Waals surface area contributed by atoms with Crippen LogP contribution in [0.25, 0.3) is 0 Å². The molecule has 0 aliphatic heterocycles. The van der Waals surface area contributed by atoms with E-state index >= 15 is 0 Å². The molecule has 0 N–H and O–H groups in total. The molecule has 1 aliphatic carbocycles. The van der Waals surface area contributed by atoms with Gasteiger partial charge in [0.05, 0.1) is 12.5 Å². The summed E-state index contributed by atoms with van der Waals surface area (Å²) in [5, 5.41) is 0. The van der Waals surface area contributed by atoms with Crippen LogP contribution in [0, 0.1) is 12.8 Å². The smallest absolute Gasteiger partial charge is 0.252 e. The zero-order valence-corrected chi connectivity index (χ0v) is 14.2. The molecule has 1 aromatic heterocycles. The molecule has 0 saturated heterocycles. The summed E-state index contributed by atoms with van der Waals surface area (Å²) in [6.07, 6.45) is 2.48. The fraction of sp³-hybridized carbons (Fsp3) is 0.692. The van der Waals surface area contributed by atoms with Gasteiger partial charge in [0.2, 0.25) is 0 Å². The first kappa shape index (κ1) is 16.2. The minimum absolute atomic E-state index is 0.347. The van der Waals surface area contributed by atoms with Crippen LogP contribution in [0.4, 0.5) is 0 Å². The van der Waals surface area contributed by atoms with Crippen molar-refractivity contribution >= 4 is 33.0 Å². The Morgan fingerprint density at radius 3 is 2.75 bits per heavy atom. The summed E-state index contributed by atoms with van der Waals surface area (Å²) >= 11 is 7.04. The van der Waals surface area contributed by atoms with Crippen molar-refractivity contribution in [1.29, 1.82) is 0 Å². The number of ether oxygens (including phenoxy) is 1. The molecule has 0 aromatic carbocycles. The number of likely N-dealkylation sites (N-methyl/N-ethyl adjacent to an activating group) is 1. The van der Waals surface area contributed by atoms with E-state index in [1.54, 1.807) is 13.1 Å². The molecule has 0 amide bonds. The number of thiophene rings is 1. The van der Waals surface area contributed by atoms with Crippen molar-refractivity contribution in [1.82, 2.24) is 4.31 Å². The van der Waals surface area contributed by atoms with Crippen LogP contribution in [0.1, 0.15) is 23.3 Å². The third-order valence-corrected chi connectivity index (χ3v) is 7.35. The van der Waals surface area contributed by atoms with Gasteiger partial charge in [0, 0.05) is 25.1 Å². The Kier molecular flexibility index (Phi) is 5.48. The molecule has 20 heavy (non-hydrogen) atoms. The van der Waals surface area contributed by atoms with Gasteiger partial charge in [0.25, 0.3) is 10.0 Å². The Balaban J connectivity index is 1.92. The summed E-state index contributed by atoms with van der Waals surface area (Å²) in [5.74, 6) is 1.04. The number of nitrogens with zero attached hydrogens (tertiary/aromatic N) is 1. The highest BCUT2D eigenvalue weighted by Crippen LogP contribution is 2.30. The van der Waals surface area contributed by atoms with Crippen LogP contribution in [0.3, 0.4) is 0 Å². The largest absolute Gasteiger partial charge is 0.380 e. The molecule has 7 heteroatoms. The first-order valence-corrected chi connectivity index (χ1v) is 9.43. The van der Waals surface area contributed by atoms with Crippen molar-refractivity contribution < 1.29 is 13.2 Å². The van der Waals surface area contributed by atoms with E-state index in [1.165, 1.54) is 28.5 Å². The Morgan fingerprint density at radius 1 is 1.50 bits per heavy atom. The average molecular weight is 338 g/mol. The maximum atomic E-state index is 12.4. The summed E-state index contributed by atoms with van der Waals surface area (Å²) in [4.78, 5) is 0.906. The molecule has 4 nitrogen and oxygen atoms in total. The van der Waals surface area contributed by atoms with Crippen LogP contribution >= 0.6 is 22.9 Å². The van der Waals surface area contributed by atoms with E-state index in [-0.39, 0.29) is 0 Å². The van der Waals surface area contributed by atoms with E-state index in [0.717, 1.165) is 17.0 Å². The zero-order valence-electron chi connectivity index (χ0n) is 11.8. The molecular formula is C13H20ClNO3S2. The molecule has 1 saturated carbocycles. The Morgan fingerprint density at radius 2 is 2.20 bits per heavy atom. The highest BCUT2D eigenvalue weighted by Gasteiger charge is 2.24. The van der Waals surface area contributed by atoms with E-state index in [2.05, 4.69) is 0 Å². The van der Waals surface area contributed by atoms with Crippen molar-refractivity contribution in [2.75, 3.05) is 26.8 Å². The second-order valence-corrected chi connectivity index (χ2v) is 8.83. The minimum Gasteiger partial charge on any atom is -0.380 e. The van der Waals surface area contributed by atoms with Gasteiger partial charge >= 0.3 is 0 Å². The zero-order chi connectivity index (χ0) is 14.8. The van der Waals surface area contributed by atoms with Gasteiger partial charge in [-0.15, -0.1) is 22.9 Å². The summed E-state index contributed by atoms with van der Waals surface area (Å²) in [6, 6.07) is 1.69. The molecule has 0 radical (unpaired) electrons. The number of aryl methyl sites for hydroxylation is 1. The predicted molar refractivity (Wildman–Crippen MR) is 82.0 cm³/mol. The maximum Gasteiger partial charge on any atom is 0.252 e. The Hall–Kier alpha value is -0.140. The monoisotopic (exact) mass is 337 g/mol. The number of sulfonamides is 1. The van der Waals surface area contributed by atoms with Crippen LogP contribution in [-0.4, -0.2) is 39.5 Å². The molecule has 2 rings (SSSR count). The lowest BCUT2D eigenvalue weighted by Gasteiger charge is -2.15. The third-order valence-electron chi connectivity index (χ3n) is 3.38. The van der Waals surface area contributed by atoms with E-state index < -0.39 is 10.0 Å². The van der Waals surface area contributed by atoms with Gasteiger partial charge in [-0.2, -0.15) is 4.31 Å². The first-order chi connectivity index (χ1) is 9.45. The fourth-order valence-electron chi connectivity index (χ4n) is 1.75. The van der Waals surface area contributed by atoms with Gasteiger partial charge in [0.1, 0.15) is 4.21 Å². The minimum atomic E-state index is -3.42. The van der Waals surface area contributed by atoms with Gasteiger partial charge in [-0.25, -0.2) is 8.42 Å². The number of rotatable bonds is 8. The van der Waals surface area contributed by atoms with Crippen molar-refractivity contribution in [2.24, 2.45) is 5.92 Å². The van der Waals surface area contributed by atoms with Gasteiger partial charge < -0.3 is 4.74 Å². The quantitative estimate of drug-likeness (QED) is 0.541. The molecule has 0 spiro atoms. The fourth-order valence-corrected chi connectivity index (χ4v) is 4.93. The number of hydrogen-bond acceptors (Lipinski definition) is 4. The lowest BCUT2D eigenvalue weighted by molar-refractivity contribution is 0.117. The summed E-state index contributed by atoms with van der Waals surface area (Å²) < 4.78 is 32.0. The summed E-state index contributed by atoms with van der Waals surface area (Å²) in [7, 11) is -1.83. The van der Waals surface area contributed by atoms with E-state index in [1.807, 2.05) is 6.92 Å². The molecule has 1 heterocycles. The first-order valence-electron chi connectivity index (χ1n) is 6.64. The van der Waals surface area contributed by atoms with Crippen LogP contribution in [0.15, 0.2) is 10.3 Å². The van der Waals surface area contributed by atoms with Gasteiger partial charge in [-0.3, -0.25) is 0 Å². The van der Waals surface area contributed by atoms with Crippen molar-refractivity contribution in [3.8, 4) is 0 Å². The van der Waals surface area contributed by atoms with Crippen LogP contribution < -0.4 is 0 Å². The molecule has 1 fully saturated rings. The molecule has 1 aliphatic rings. The van der Waals surface area contributed by atoms with E-state index in [9.17, 15) is 8.42 Å². The van der Waals surface area contributed by atoms with Gasteiger partial charge in [-0.1, -0.05) is 0 Å². The normalized spacial score (nSPS) is 16.0. The average Bonchev–Trinajstić information content (AvgIpc) is 3.15. The van der Waals surface area contributed by atoms with Crippen molar-refractivity contribution in [3.63, 3.8) is 0 Å². The van der Waals surface area contributed by atoms with Gasteiger partial charge in [-0.05, 0) is 37.3 Å². The molecule has 0 unspecified atom stereocenters. The third kappa shape index (κ3) is 3.95. The molecule has 0 atom stereocenters. The van der Waals surface area contributed by atoms with E-state index in [4.69, 9.17) is 16.3 Å². The topological polar surface area (TPSA) is 46.6 Å². The Bertz CT molecular complexity index is 552. The molecule has 0 bridgehead atoms. The number of hydrogen-bond donors (Lipinski definition) is 0. The van der Waals surface area contributed by atoms with Crippen LogP contribution in [0.2, 0.25) is 0 Å². The van der Waals surface area contributed by atoms with E-state index in [0.29, 0.717) is 29.2 Å². The van der Waals surface area contributed by atoms with Crippen LogP contribution in [-0.2, 0) is 20.6 Å². The van der Waals surface area contributed by atoms with Crippen molar-refractivity contribution in [3.05, 3.63) is 16.5 Å². The maximum absolute atomic E-state index is 12.4. The second kappa shape index (κ2) is 6.75. The highest BCUT2D eigenvalue weighted by atomic mass is 35.5. The molecular weight excluding hydrogens is 318 g/mol.